The van der Waals surface area contributed by atoms with Gasteiger partial charge in [-0.2, -0.15) is 0 Å². The van der Waals surface area contributed by atoms with Gasteiger partial charge in [-0.3, -0.25) is 0 Å². The van der Waals surface area contributed by atoms with Gasteiger partial charge in [-0.05, 0) is 26.2 Å². The number of nitrogens with zero attached hydrogens (tertiary/aromatic N) is 3. The van der Waals surface area contributed by atoms with Crippen molar-refractivity contribution in [3.05, 3.63) is 33.8 Å². The van der Waals surface area contributed by atoms with Crippen LogP contribution in [0.1, 0.15) is 40.7 Å². The Morgan fingerprint density at radius 2 is 2.41 bits per heavy atom. The summed E-state index contributed by atoms with van der Waals surface area (Å²) >= 11 is 1.77. The predicted octanol–water partition coefficient (Wildman–Crippen LogP) is 1.90. The van der Waals surface area contributed by atoms with E-state index in [0.717, 1.165) is 23.7 Å². The highest BCUT2D eigenvalue weighted by Crippen LogP contribution is 2.31. The van der Waals surface area contributed by atoms with Gasteiger partial charge in [-0.15, -0.1) is 11.3 Å². The van der Waals surface area contributed by atoms with Crippen molar-refractivity contribution in [2.24, 2.45) is 5.73 Å². The molecule has 0 bridgehead atoms. The summed E-state index contributed by atoms with van der Waals surface area (Å²) in [7, 11) is 0. The third-order valence-corrected chi connectivity index (χ3v) is 4.52. The van der Waals surface area contributed by atoms with Crippen molar-refractivity contribution in [3.63, 3.8) is 0 Å². The van der Waals surface area contributed by atoms with E-state index in [9.17, 15) is 0 Å². The Kier molecular flexibility index (Phi) is 2.72. The average Bonchev–Trinajstić information content (AvgIpc) is 3.02. The zero-order valence-corrected chi connectivity index (χ0v) is 10.7. The molecule has 0 aromatic carbocycles. The van der Waals surface area contributed by atoms with Crippen LogP contribution in [0.25, 0.3) is 0 Å². The summed E-state index contributed by atoms with van der Waals surface area (Å²) in [6, 6.07) is -0.131. The van der Waals surface area contributed by atoms with Crippen molar-refractivity contribution in [2.45, 2.75) is 38.8 Å². The molecule has 2 aromatic rings. The van der Waals surface area contributed by atoms with Gasteiger partial charge in [0.15, 0.2) is 0 Å². The van der Waals surface area contributed by atoms with Crippen molar-refractivity contribution < 1.29 is 0 Å². The van der Waals surface area contributed by atoms with Gasteiger partial charge in [0.25, 0.3) is 0 Å². The smallest absolute Gasteiger partial charge is 0.116 e. The fraction of sp³-hybridized carbons (Fsp3) is 0.500. The highest BCUT2D eigenvalue weighted by atomic mass is 32.1. The lowest BCUT2D eigenvalue weighted by molar-refractivity contribution is 0.671. The van der Waals surface area contributed by atoms with Crippen LogP contribution in [0.2, 0.25) is 0 Å². The number of imidazole rings is 1. The summed E-state index contributed by atoms with van der Waals surface area (Å²) in [5, 5.41) is 1.03. The topological polar surface area (TPSA) is 56.7 Å². The lowest BCUT2D eigenvalue weighted by Crippen LogP contribution is -2.16. The summed E-state index contributed by atoms with van der Waals surface area (Å²) in [6.07, 6.45) is 7.21. The van der Waals surface area contributed by atoms with Crippen LogP contribution in [-0.2, 0) is 19.4 Å². The molecule has 5 heteroatoms. The van der Waals surface area contributed by atoms with Gasteiger partial charge >= 0.3 is 0 Å². The molecule has 3 rings (SSSR count). The molecule has 2 N–H and O–H groups in total. The molecule has 4 nitrogen and oxygen atoms in total. The van der Waals surface area contributed by atoms with Crippen molar-refractivity contribution in [1.29, 1.82) is 0 Å². The molecule has 0 saturated heterocycles. The van der Waals surface area contributed by atoms with E-state index < -0.39 is 0 Å². The van der Waals surface area contributed by atoms with E-state index in [-0.39, 0.29) is 6.04 Å². The van der Waals surface area contributed by atoms with Gasteiger partial charge < -0.3 is 10.3 Å². The SMILES string of the molecule is CCn1cncc1C(N)c1nc2c(s1)CCC2. The lowest BCUT2D eigenvalue weighted by atomic mass is 10.2. The third-order valence-electron chi connectivity index (χ3n) is 3.28. The number of fused-ring (bicyclic) bond motifs is 1. The summed E-state index contributed by atoms with van der Waals surface area (Å²) < 4.78 is 2.08. The van der Waals surface area contributed by atoms with Crippen LogP contribution in [0.5, 0.6) is 0 Å². The molecular formula is C12H16N4S. The molecule has 2 aromatic heterocycles. The fourth-order valence-corrected chi connectivity index (χ4v) is 3.49. The first-order valence-corrected chi connectivity index (χ1v) is 6.85. The monoisotopic (exact) mass is 248 g/mol. The zero-order chi connectivity index (χ0) is 11.8. The molecule has 2 heterocycles. The molecule has 0 saturated carbocycles. The summed E-state index contributed by atoms with van der Waals surface area (Å²) in [6.45, 7) is 2.99. The minimum Gasteiger partial charge on any atom is -0.333 e. The van der Waals surface area contributed by atoms with E-state index in [1.807, 2.05) is 12.5 Å². The molecule has 0 aliphatic heterocycles. The predicted molar refractivity (Wildman–Crippen MR) is 68.1 cm³/mol. The normalized spacial score (nSPS) is 16.1. The van der Waals surface area contributed by atoms with Crippen molar-refractivity contribution >= 4 is 11.3 Å². The lowest BCUT2D eigenvalue weighted by Gasteiger charge is -2.10. The van der Waals surface area contributed by atoms with Crippen LogP contribution in [-0.4, -0.2) is 14.5 Å². The van der Waals surface area contributed by atoms with Crippen LogP contribution in [0, 0.1) is 0 Å². The van der Waals surface area contributed by atoms with E-state index in [2.05, 4.69) is 21.5 Å². The standard InChI is InChI=1S/C12H16N4S/c1-2-16-7-14-6-9(16)11(13)12-15-8-4-3-5-10(8)17-12/h6-7,11H,2-5,13H2,1H3. The summed E-state index contributed by atoms with van der Waals surface area (Å²) in [5.74, 6) is 0. The highest BCUT2D eigenvalue weighted by molar-refractivity contribution is 7.11. The van der Waals surface area contributed by atoms with Gasteiger partial charge in [-0.25, -0.2) is 9.97 Å². The first kappa shape index (κ1) is 10.9. The van der Waals surface area contributed by atoms with Crippen LogP contribution < -0.4 is 5.73 Å². The number of hydrogen-bond donors (Lipinski definition) is 1. The van der Waals surface area contributed by atoms with Gasteiger partial charge in [-0.1, -0.05) is 0 Å². The first-order valence-electron chi connectivity index (χ1n) is 6.03. The number of nitrogens with two attached hydrogens (primary N) is 1. The summed E-state index contributed by atoms with van der Waals surface area (Å²) in [5.41, 5.74) is 8.61. The second-order valence-corrected chi connectivity index (χ2v) is 5.47. The zero-order valence-electron chi connectivity index (χ0n) is 9.89. The molecular weight excluding hydrogens is 232 g/mol. The van der Waals surface area contributed by atoms with E-state index in [0.29, 0.717) is 0 Å². The van der Waals surface area contributed by atoms with Crippen molar-refractivity contribution in [2.75, 3.05) is 0 Å². The maximum Gasteiger partial charge on any atom is 0.116 e. The van der Waals surface area contributed by atoms with E-state index >= 15 is 0 Å². The molecule has 1 unspecified atom stereocenters. The fourth-order valence-electron chi connectivity index (χ4n) is 2.32. The molecule has 1 aliphatic rings. The van der Waals surface area contributed by atoms with Crippen molar-refractivity contribution in [1.82, 2.24) is 14.5 Å². The Morgan fingerprint density at radius 1 is 1.53 bits per heavy atom. The van der Waals surface area contributed by atoms with Gasteiger partial charge in [0.2, 0.25) is 0 Å². The molecule has 1 atom stereocenters. The first-order chi connectivity index (χ1) is 8.29. The van der Waals surface area contributed by atoms with Crippen LogP contribution in [0.3, 0.4) is 0 Å². The Balaban J connectivity index is 1.93. The maximum absolute atomic E-state index is 6.29. The van der Waals surface area contributed by atoms with Crippen LogP contribution in [0.4, 0.5) is 0 Å². The van der Waals surface area contributed by atoms with Gasteiger partial charge in [0, 0.05) is 11.4 Å². The Bertz CT molecular complexity index is 507. The number of hydrogen-bond acceptors (Lipinski definition) is 4. The average molecular weight is 248 g/mol. The molecule has 17 heavy (non-hydrogen) atoms. The van der Waals surface area contributed by atoms with Gasteiger partial charge in [0.1, 0.15) is 5.01 Å². The second-order valence-electron chi connectivity index (χ2n) is 4.36. The van der Waals surface area contributed by atoms with E-state index in [1.54, 1.807) is 11.3 Å². The number of aryl methyl sites for hydroxylation is 3. The molecule has 0 radical (unpaired) electrons. The van der Waals surface area contributed by atoms with E-state index in [1.165, 1.54) is 23.4 Å². The Morgan fingerprint density at radius 3 is 3.18 bits per heavy atom. The van der Waals surface area contributed by atoms with Crippen molar-refractivity contribution in [3.8, 4) is 0 Å². The summed E-state index contributed by atoms with van der Waals surface area (Å²) in [4.78, 5) is 10.3. The number of rotatable bonds is 3. The van der Waals surface area contributed by atoms with Crippen LogP contribution >= 0.6 is 11.3 Å². The quantitative estimate of drug-likeness (QED) is 0.902. The van der Waals surface area contributed by atoms with E-state index in [4.69, 9.17) is 5.73 Å². The maximum atomic E-state index is 6.29. The highest BCUT2D eigenvalue weighted by Gasteiger charge is 2.22. The third kappa shape index (κ3) is 1.79. The Hall–Kier alpha value is -1.20. The molecule has 90 valence electrons. The minimum atomic E-state index is -0.131. The molecule has 1 aliphatic carbocycles. The molecule has 0 fully saturated rings. The Labute approximate surface area is 105 Å². The number of aromatic nitrogens is 3. The second kappa shape index (κ2) is 4.23. The van der Waals surface area contributed by atoms with Crippen LogP contribution in [0.15, 0.2) is 12.5 Å². The van der Waals surface area contributed by atoms with Gasteiger partial charge in [0.05, 0.1) is 30.0 Å². The number of thiazole rings is 1. The molecule has 0 amide bonds. The largest absolute Gasteiger partial charge is 0.333 e. The molecule has 0 spiro atoms. The minimum absolute atomic E-state index is 0.131.